The molecule has 0 bridgehead atoms. The van der Waals surface area contributed by atoms with Crippen molar-refractivity contribution in [1.29, 1.82) is 0 Å². The van der Waals surface area contributed by atoms with Gasteiger partial charge in [0.1, 0.15) is 23.3 Å². The minimum Gasteiger partial charge on any atom is -0.497 e. The van der Waals surface area contributed by atoms with Crippen molar-refractivity contribution in [3.63, 3.8) is 0 Å². The van der Waals surface area contributed by atoms with E-state index >= 15 is 0 Å². The van der Waals surface area contributed by atoms with Crippen LogP contribution in [-0.2, 0) is 0 Å². The smallest absolute Gasteiger partial charge is 0.270 e. The summed E-state index contributed by atoms with van der Waals surface area (Å²) in [4.78, 5) is 20.2. The molecule has 0 saturated carbocycles. The molecule has 1 amide bonds. The molecular weight excluding hydrogens is 414 g/mol. The number of nitrogens with one attached hydrogen (secondary N) is 1. The molecule has 1 aromatic heterocycles. The van der Waals surface area contributed by atoms with Crippen molar-refractivity contribution in [3.05, 3.63) is 59.2 Å². The number of methoxy groups -OCH3 is 1. The third kappa shape index (κ3) is 5.32. The molecule has 4 rings (SSSR count). The van der Waals surface area contributed by atoms with Crippen molar-refractivity contribution < 1.29 is 14.3 Å². The van der Waals surface area contributed by atoms with E-state index < -0.39 is 0 Å². The normalized spacial score (nSPS) is 16.9. The maximum absolute atomic E-state index is 12.8. The number of likely N-dealkylation sites (tertiary alicyclic amines) is 1. The number of H-pyrrole nitrogens is 1. The van der Waals surface area contributed by atoms with Crippen LogP contribution in [0.5, 0.6) is 11.5 Å². The topological polar surface area (TPSA) is 57.8 Å². The Morgan fingerprint density at radius 2 is 1.97 bits per heavy atom. The van der Waals surface area contributed by atoms with E-state index in [0.29, 0.717) is 17.3 Å². The van der Waals surface area contributed by atoms with Crippen molar-refractivity contribution in [1.82, 2.24) is 14.8 Å². The van der Waals surface area contributed by atoms with Gasteiger partial charge in [-0.25, -0.2) is 0 Å². The predicted octanol–water partition coefficient (Wildman–Crippen LogP) is 4.45. The van der Waals surface area contributed by atoms with Gasteiger partial charge < -0.3 is 19.4 Å². The quantitative estimate of drug-likeness (QED) is 0.588. The van der Waals surface area contributed by atoms with Crippen molar-refractivity contribution >= 4 is 28.4 Å². The van der Waals surface area contributed by atoms with Crippen molar-refractivity contribution in [2.75, 3.05) is 40.3 Å². The SMILES string of the molecule is COc1ccc(OC2CCCN(CCN(C)C(=O)c3cc4cc(Cl)ccc4[nH]3)C2)cc1. The number of rotatable bonds is 7. The number of halogens is 1. The molecule has 6 nitrogen and oxygen atoms in total. The van der Waals surface area contributed by atoms with Gasteiger partial charge in [0.2, 0.25) is 0 Å². The summed E-state index contributed by atoms with van der Waals surface area (Å²) < 4.78 is 11.4. The van der Waals surface area contributed by atoms with Gasteiger partial charge in [0, 0.05) is 42.6 Å². The molecule has 0 radical (unpaired) electrons. The van der Waals surface area contributed by atoms with Crippen LogP contribution in [0.3, 0.4) is 0 Å². The summed E-state index contributed by atoms with van der Waals surface area (Å²) in [5, 5.41) is 1.61. The molecule has 3 aromatic rings. The lowest BCUT2D eigenvalue weighted by Crippen LogP contribution is -2.44. The van der Waals surface area contributed by atoms with Crippen LogP contribution in [0.1, 0.15) is 23.3 Å². The van der Waals surface area contributed by atoms with Gasteiger partial charge in [-0.15, -0.1) is 0 Å². The highest BCUT2D eigenvalue weighted by atomic mass is 35.5. The van der Waals surface area contributed by atoms with Crippen LogP contribution in [0.2, 0.25) is 5.02 Å². The van der Waals surface area contributed by atoms with Crippen LogP contribution < -0.4 is 9.47 Å². The minimum absolute atomic E-state index is 0.0182. The molecule has 0 spiro atoms. The summed E-state index contributed by atoms with van der Waals surface area (Å²) >= 11 is 6.05. The van der Waals surface area contributed by atoms with E-state index in [0.717, 1.165) is 54.9 Å². The lowest BCUT2D eigenvalue weighted by Gasteiger charge is -2.33. The van der Waals surface area contributed by atoms with E-state index in [-0.39, 0.29) is 12.0 Å². The van der Waals surface area contributed by atoms with E-state index in [4.69, 9.17) is 21.1 Å². The van der Waals surface area contributed by atoms with E-state index in [2.05, 4.69) is 9.88 Å². The first-order valence-corrected chi connectivity index (χ1v) is 11.0. The number of carbonyl (C=O) groups is 1. The Balaban J connectivity index is 1.29. The van der Waals surface area contributed by atoms with Gasteiger partial charge in [0.05, 0.1) is 7.11 Å². The first-order valence-electron chi connectivity index (χ1n) is 10.6. The fraction of sp³-hybridized carbons (Fsp3) is 0.375. The van der Waals surface area contributed by atoms with Crippen LogP contribution in [0.25, 0.3) is 10.9 Å². The second-order valence-electron chi connectivity index (χ2n) is 8.00. The van der Waals surface area contributed by atoms with E-state index in [1.807, 2.05) is 55.6 Å². The third-order valence-corrected chi connectivity index (χ3v) is 5.97. The monoisotopic (exact) mass is 441 g/mol. The Morgan fingerprint density at radius 3 is 2.74 bits per heavy atom. The molecule has 31 heavy (non-hydrogen) atoms. The molecular formula is C24H28ClN3O3. The molecule has 1 unspecified atom stereocenters. The molecule has 164 valence electrons. The number of ether oxygens (including phenoxy) is 2. The molecule has 2 heterocycles. The van der Waals surface area contributed by atoms with Gasteiger partial charge in [-0.1, -0.05) is 11.6 Å². The van der Waals surface area contributed by atoms with Gasteiger partial charge >= 0.3 is 0 Å². The summed E-state index contributed by atoms with van der Waals surface area (Å²) in [6.45, 7) is 3.36. The zero-order chi connectivity index (χ0) is 21.8. The Kier molecular flexibility index (Phi) is 6.68. The Bertz CT molecular complexity index is 1030. The summed E-state index contributed by atoms with van der Waals surface area (Å²) in [6.07, 6.45) is 2.28. The van der Waals surface area contributed by atoms with Crippen molar-refractivity contribution in [2.24, 2.45) is 0 Å². The van der Waals surface area contributed by atoms with Crippen LogP contribution >= 0.6 is 11.6 Å². The van der Waals surface area contributed by atoms with Crippen LogP contribution in [-0.4, -0.2) is 67.1 Å². The maximum Gasteiger partial charge on any atom is 0.270 e. The number of carbonyl (C=O) groups excluding carboxylic acids is 1. The summed E-state index contributed by atoms with van der Waals surface area (Å²) in [5.74, 6) is 1.66. The van der Waals surface area contributed by atoms with E-state index in [1.54, 1.807) is 12.0 Å². The standard InChI is InChI=1S/C24H28ClN3O3/c1-27(24(29)23-15-17-14-18(25)5-10-22(17)26-23)12-13-28-11-3-4-21(16-28)31-20-8-6-19(30-2)7-9-20/h5-10,14-15,21,26H,3-4,11-13,16H2,1-2H3. The van der Waals surface area contributed by atoms with Gasteiger partial charge in [0.25, 0.3) is 5.91 Å². The van der Waals surface area contributed by atoms with Gasteiger partial charge in [-0.05, 0) is 67.9 Å². The predicted molar refractivity (Wildman–Crippen MR) is 123 cm³/mol. The first-order chi connectivity index (χ1) is 15.0. The Hall–Kier alpha value is -2.70. The van der Waals surface area contributed by atoms with Gasteiger partial charge in [-0.3, -0.25) is 9.69 Å². The number of aromatic amines is 1. The first kappa shape index (κ1) is 21.5. The highest BCUT2D eigenvalue weighted by molar-refractivity contribution is 6.31. The van der Waals surface area contributed by atoms with Crippen molar-refractivity contribution in [3.8, 4) is 11.5 Å². The number of amides is 1. The highest BCUT2D eigenvalue weighted by Gasteiger charge is 2.22. The zero-order valence-electron chi connectivity index (χ0n) is 17.9. The van der Waals surface area contributed by atoms with Crippen LogP contribution in [0, 0.1) is 0 Å². The number of nitrogens with zero attached hydrogens (tertiary/aromatic N) is 2. The number of likely N-dealkylation sites (N-methyl/N-ethyl adjacent to an activating group) is 1. The number of benzene rings is 2. The molecule has 1 aliphatic rings. The number of aromatic nitrogens is 1. The molecule has 0 aliphatic carbocycles. The molecule has 1 N–H and O–H groups in total. The summed E-state index contributed by atoms with van der Waals surface area (Å²) in [7, 11) is 3.50. The maximum atomic E-state index is 12.8. The molecule has 1 atom stereocenters. The fourth-order valence-electron chi connectivity index (χ4n) is 3.98. The molecule has 2 aromatic carbocycles. The van der Waals surface area contributed by atoms with Crippen LogP contribution in [0.15, 0.2) is 48.5 Å². The number of hydrogen-bond donors (Lipinski definition) is 1. The number of piperidine rings is 1. The summed E-state index contributed by atoms with van der Waals surface area (Å²) in [6, 6.07) is 15.1. The van der Waals surface area contributed by atoms with Crippen LogP contribution in [0.4, 0.5) is 0 Å². The molecule has 1 aliphatic heterocycles. The second-order valence-corrected chi connectivity index (χ2v) is 8.44. The average molecular weight is 442 g/mol. The average Bonchev–Trinajstić information content (AvgIpc) is 3.21. The van der Waals surface area contributed by atoms with E-state index in [9.17, 15) is 4.79 Å². The lowest BCUT2D eigenvalue weighted by molar-refractivity contribution is 0.0687. The highest BCUT2D eigenvalue weighted by Crippen LogP contribution is 2.22. The van der Waals surface area contributed by atoms with Gasteiger partial charge in [0.15, 0.2) is 0 Å². The number of hydrogen-bond acceptors (Lipinski definition) is 4. The summed E-state index contributed by atoms with van der Waals surface area (Å²) in [5.41, 5.74) is 1.50. The third-order valence-electron chi connectivity index (χ3n) is 5.74. The lowest BCUT2D eigenvalue weighted by atomic mass is 10.1. The van der Waals surface area contributed by atoms with E-state index in [1.165, 1.54) is 0 Å². The zero-order valence-corrected chi connectivity index (χ0v) is 18.7. The van der Waals surface area contributed by atoms with Gasteiger partial charge in [-0.2, -0.15) is 0 Å². The number of fused-ring (bicyclic) bond motifs is 1. The molecule has 7 heteroatoms. The molecule has 1 saturated heterocycles. The van der Waals surface area contributed by atoms with Crippen molar-refractivity contribution in [2.45, 2.75) is 18.9 Å². The Labute approximate surface area is 187 Å². The Morgan fingerprint density at radius 1 is 1.19 bits per heavy atom. The largest absolute Gasteiger partial charge is 0.497 e. The minimum atomic E-state index is -0.0182. The second kappa shape index (κ2) is 9.62. The molecule has 1 fully saturated rings. The fourth-order valence-corrected chi connectivity index (χ4v) is 4.16.